The SMILES string of the molecule is O=C(CSc1nnc(N2CCCCC2)n1Cc1ccco1)Nc1ccccc1C(F)(F)F. The van der Waals surface area contributed by atoms with Gasteiger partial charge in [0, 0.05) is 13.1 Å². The first-order valence-electron chi connectivity index (χ1n) is 10.2. The largest absolute Gasteiger partial charge is 0.467 e. The lowest BCUT2D eigenvalue weighted by Gasteiger charge is -2.27. The molecule has 0 saturated carbocycles. The third-order valence-electron chi connectivity index (χ3n) is 5.07. The summed E-state index contributed by atoms with van der Waals surface area (Å²) >= 11 is 1.12. The Morgan fingerprint density at radius 3 is 2.59 bits per heavy atom. The van der Waals surface area contributed by atoms with E-state index < -0.39 is 17.6 Å². The fraction of sp³-hybridized carbons (Fsp3) is 0.381. The molecule has 3 aromatic rings. The number of para-hydroxylation sites is 1. The first-order chi connectivity index (χ1) is 15.4. The van der Waals surface area contributed by atoms with Crippen LogP contribution in [0.2, 0.25) is 0 Å². The van der Waals surface area contributed by atoms with Crippen LogP contribution in [0.25, 0.3) is 0 Å². The van der Waals surface area contributed by atoms with Crippen LogP contribution >= 0.6 is 11.8 Å². The standard InChI is InChI=1S/C21H22F3N5O2S/c22-21(23,24)16-8-2-3-9-17(16)25-18(30)14-32-20-27-26-19(28-10-4-1-5-11-28)29(20)13-15-7-6-12-31-15/h2-3,6-9,12H,1,4-5,10-11,13-14H2,(H,25,30). The summed E-state index contributed by atoms with van der Waals surface area (Å²) in [5.74, 6) is 0.751. The van der Waals surface area contributed by atoms with Crippen molar-refractivity contribution in [2.24, 2.45) is 0 Å². The van der Waals surface area contributed by atoms with Gasteiger partial charge in [0.15, 0.2) is 5.16 Å². The van der Waals surface area contributed by atoms with Crippen LogP contribution in [-0.4, -0.2) is 39.5 Å². The molecule has 7 nitrogen and oxygen atoms in total. The number of benzene rings is 1. The quantitative estimate of drug-likeness (QED) is 0.512. The van der Waals surface area contributed by atoms with Gasteiger partial charge < -0.3 is 14.6 Å². The van der Waals surface area contributed by atoms with Crippen molar-refractivity contribution in [2.75, 3.05) is 29.1 Å². The summed E-state index contributed by atoms with van der Waals surface area (Å²) < 4.78 is 46.9. The summed E-state index contributed by atoms with van der Waals surface area (Å²) in [7, 11) is 0. The maximum absolute atomic E-state index is 13.2. The zero-order chi connectivity index (χ0) is 22.6. The molecule has 1 saturated heterocycles. The van der Waals surface area contributed by atoms with Crippen molar-refractivity contribution in [1.82, 2.24) is 14.8 Å². The lowest BCUT2D eigenvalue weighted by molar-refractivity contribution is -0.137. The molecule has 1 aliphatic heterocycles. The second kappa shape index (κ2) is 9.68. The number of thioether (sulfide) groups is 1. The monoisotopic (exact) mass is 465 g/mol. The Bertz CT molecular complexity index is 1050. The Kier molecular flexibility index (Phi) is 6.73. The maximum atomic E-state index is 13.2. The van der Waals surface area contributed by atoms with Crippen LogP contribution in [0.15, 0.2) is 52.2 Å². The molecule has 0 radical (unpaired) electrons. The van der Waals surface area contributed by atoms with Gasteiger partial charge in [-0.1, -0.05) is 23.9 Å². The van der Waals surface area contributed by atoms with E-state index in [1.54, 1.807) is 12.3 Å². The average Bonchev–Trinajstić information content (AvgIpc) is 3.43. The van der Waals surface area contributed by atoms with Gasteiger partial charge in [0.25, 0.3) is 0 Å². The number of furan rings is 1. The Balaban J connectivity index is 1.48. The smallest absolute Gasteiger partial charge is 0.418 e. The number of aromatic nitrogens is 3. The van der Waals surface area contributed by atoms with Gasteiger partial charge in [-0.25, -0.2) is 0 Å². The second-order valence-electron chi connectivity index (χ2n) is 7.38. The molecule has 0 spiro atoms. The summed E-state index contributed by atoms with van der Waals surface area (Å²) in [4.78, 5) is 14.6. The molecule has 32 heavy (non-hydrogen) atoms. The van der Waals surface area contributed by atoms with Crippen LogP contribution in [0.4, 0.5) is 24.8 Å². The number of amides is 1. The molecule has 0 atom stereocenters. The highest BCUT2D eigenvalue weighted by atomic mass is 32.2. The van der Waals surface area contributed by atoms with Gasteiger partial charge in [-0.3, -0.25) is 9.36 Å². The molecule has 2 aromatic heterocycles. The van der Waals surface area contributed by atoms with Gasteiger partial charge in [0.05, 0.1) is 29.8 Å². The van der Waals surface area contributed by atoms with Crippen molar-refractivity contribution in [3.8, 4) is 0 Å². The number of hydrogen-bond acceptors (Lipinski definition) is 6. The Labute approximate surface area is 187 Å². The van der Waals surface area contributed by atoms with Crippen molar-refractivity contribution in [3.63, 3.8) is 0 Å². The second-order valence-corrected chi connectivity index (χ2v) is 8.32. The van der Waals surface area contributed by atoms with Crippen molar-refractivity contribution in [1.29, 1.82) is 0 Å². The highest BCUT2D eigenvalue weighted by Gasteiger charge is 2.33. The summed E-state index contributed by atoms with van der Waals surface area (Å²) in [6.45, 7) is 2.14. The molecule has 1 N–H and O–H groups in total. The fourth-order valence-corrected chi connectivity index (χ4v) is 4.30. The van der Waals surface area contributed by atoms with E-state index in [-0.39, 0.29) is 11.4 Å². The van der Waals surface area contributed by atoms with Crippen LogP contribution in [0, 0.1) is 0 Å². The van der Waals surface area contributed by atoms with E-state index in [2.05, 4.69) is 20.4 Å². The van der Waals surface area contributed by atoms with Gasteiger partial charge in [-0.05, 0) is 43.5 Å². The Morgan fingerprint density at radius 1 is 1.09 bits per heavy atom. The van der Waals surface area contributed by atoms with Crippen LogP contribution in [-0.2, 0) is 17.5 Å². The number of carbonyl (C=O) groups is 1. The molecule has 0 unspecified atom stereocenters. The molecule has 1 fully saturated rings. The maximum Gasteiger partial charge on any atom is 0.418 e. The predicted molar refractivity (Wildman–Crippen MR) is 115 cm³/mol. The van der Waals surface area contributed by atoms with Gasteiger partial charge in [0.2, 0.25) is 11.9 Å². The minimum atomic E-state index is -4.55. The highest BCUT2D eigenvalue weighted by Crippen LogP contribution is 2.34. The third-order valence-corrected chi connectivity index (χ3v) is 6.04. The predicted octanol–water partition coefficient (Wildman–Crippen LogP) is 4.66. The summed E-state index contributed by atoms with van der Waals surface area (Å²) in [6.07, 6.45) is 0.334. The molecular formula is C21H22F3N5O2S. The first-order valence-corrected chi connectivity index (χ1v) is 11.2. The van der Waals surface area contributed by atoms with Crippen molar-refractivity contribution < 1.29 is 22.4 Å². The summed E-state index contributed by atoms with van der Waals surface area (Å²) in [5, 5.41) is 11.4. The molecule has 170 valence electrons. The minimum absolute atomic E-state index is 0.109. The van der Waals surface area contributed by atoms with Crippen LogP contribution in [0.5, 0.6) is 0 Å². The molecule has 0 aliphatic carbocycles. The van der Waals surface area contributed by atoms with Gasteiger partial charge in [-0.2, -0.15) is 13.2 Å². The van der Waals surface area contributed by atoms with Crippen molar-refractivity contribution in [3.05, 3.63) is 54.0 Å². The summed E-state index contributed by atoms with van der Waals surface area (Å²) in [6, 6.07) is 8.54. The van der Waals surface area contributed by atoms with E-state index in [4.69, 9.17) is 4.42 Å². The van der Waals surface area contributed by atoms with Crippen LogP contribution in [0.3, 0.4) is 0 Å². The molecule has 11 heteroatoms. The first kappa shape index (κ1) is 22.3. The lowest BCUT2D eigenvalue weighted by Crippen LogP contribution is -2.32. The zero-order valence-corrected chi connectivity index (χ0v) is 18.0. The van der Waals surface area contributed by atoms with Crippen LogP contribution in [0.1, 0.15) is 30.6 Å². The molecule has 1 aromatic carbocycles. The molecule has 0 bridgehead atoms. The fourth-order valence-electron chi connectivity index (χ4n) is 3.57. The van der Waals surface area contributed by atoms with Crippen molar-refractivity contribution >= 4 is 29.3 Å². The van der Waals surface area contributed by atoms with E-state index in [1.807, 2.05) is 10.6 Å². The molecular weight excluding hydrogens is 443 g/mol. The number of nitrogens with one attached hydrogen (secondary N) is 1. The van der Waals surface area contributed by atoms with Gasteiger partial charge >= 0.3 is 6.18 Å². The topological polar surface area (TPSA) is 76.2 Å². The molecule has 4 rings (SSSR count). The van der Waals surface area contributed by atoms with E-state index in [0.717, 1.165) is 43.8 Å². The normalized spacial score (nSPS) is 14.5. The van der Waals surface area contributed by atoms with E-state index in [0.29, 0.717) is 23.4 Å². The number of rotatable bonds is 7. The molecule has 1 aliphatic rings. The average molecular weight is 466 g/mol. The zero-order valence-electron chi connectivity index (χ0n) is 17.1. The number of hydrogen-bond donors (Lipinski definition) is 1. The summed E-state index contributed by atoms with van der Waals surface area (Å²) in [5.41, 5.74) is -1.15. The number of nitrogens with zero attached hydrogens (tertiary/aromatic N) is 4. The van der Waals surface area contributed by atoms with Gasteiger partial charge in [-0.15, -0.1) is 10.2 Å². The minimum Gasteiger partial charge on any atom is -0.467 e. The molecule has 3 heterocycles. The van der Waals surface area contributed by atoms with E-state index >= 15 is 0 Å². The van der Waals surface area contributed by atoms with Crippen molar-refractivity contribution in [2.45, 2.75) is 37.1 Å². The Hall–Kier alpha value is -2.95. The third kappa shape index (κ3) is 5.26. The van der Waals surface area contributed by atoms with Gasteiger partial charge in [0.1, 0.15) is 5.76 Å². The number of halogens is 3. The Morgan fingerprint density at radius 2 is 1.88 bits per heavy atom. The van der Waals surface area contributed by atoms with Crippen LogP contribution < -0.4 is 10.2 Å². The van der Waals surface area contributed by atoms with E-state index in [1.165, 1.54) is 24.6 Å². The molecule has 1 amide bonds. The number of alkyl halides is 3. The number of carbonyl (C=O) groups excluding carboxylic acids is 1. The lowest BCUT2D eigenvalue weighted by atomic mass is 10.1. The van der Waals surface area contributed by atoms with E-state index in [9.17, 15) is 18.0 Å². The number of anilines is 2. The number of piperidine rings is 1. The highest BCUT2D eigenvalue weighted by molar-refractivity contribution is 7.99.